The molecule has 12 nitrogen and oxygen atoms in total. The zero-order valence-electron chi connectivity index (χ0n) is 45.2. The van der Waals surface area contributed by atoms with Gasteiger partial charge in [-0.3, -0.25) is 19.6 Å². The van der Waals surface area contributed by atoms with Crippen LogP contribution in [-0.4, -0.2) is 74.8 Å². The molecular formula is C64H70BIN6O6S2. The smallest absolute Gasteiger partial charge is 0.465 e. The van der Waals surface area contributed by atoms with Gasteiger partial charge < -0.3 is 18.8 Å². The second-order valence-corrected chi connectivity index (χ2v) is 24.0. The number of hydrogen-bond donors (Lipinski definition) is 0. The van der Waals surface area contributed by atoms with E-state index >= 15 is 0 Å². The fourth-order valence-corrected chi connectivity index (χ4v) is 11.2. The quantitative estimate of drug-likeness (QED) is 0.0446. The Morgan fingerprint density at radius 3 is 1.35 bits per heavy atom. The van der Waals surface area contributed by atoms with Gasteiger partial charge in [0.2, 0.25) is 10.3 Å². The molecule has 80 heavy (non-hydrogen) atoms. The predicted octanol–water partition coefficient (Wildman–Crippen LogP) is 14.8. The monoisotopic (exact) mass is 1220 g/mol. The highest BCUT2D eigenvalue weighted by Crippen LogP contribution is 2.50. The molecule has 4 aromatic carbocycles. The third-order valence-electron chi connectivity index (χ3n) is 14.3. The van der Waals surface area contributed by atoms with Crippen LogP contribution in [0.2, 0.25) is 0 Å². The maximum absolute atomic E-state index is 12.5. The molecule has 8 aromatic rings. The maximum atomic E-state index is 12.5. The van der Waals surface area contributed by atoms with E-state index < -0.39 is 17.9 Å². The Morgan fingerprint density at radius 1 is 0.575 bits per heavy atom. The molecular weight excluding hydrogens is 1150 g/mol. The van der Waals surface area contributed by atoms with E-state index in [0.717, 1.165) is 103 Å². The summed E-state index contributed by atoms with van der Waals surface area (Å²) in [5, 5.41) is 1.50. The highest BCUT2D eigenvalue weighted by atomic mass is 127. The Kier molecular flexibility index (Phi) is 20.1. The van der Waals surface area contributed by atoms with Crippen molar-refractivity contribution in [2.24, 2.45) is 9.98 Å². The number of halogens is 1. The summed E-state index contributed by atoms with van der Waals surface area (Å²) in [5.41, 5.74) is 9.55. The number of carbonyl (C=O) groups excluding carboxylic acids is 2. The molecule has 2 saturated carbocycles. The van der Waals surface area contributed by atoms with Crippen LogP contribution in [0.5, 0.6) is 0 Å². The molecule has 0 radical (unpaired) electrons. The first-order valence-electron chi connectivity index (χ1n) is 26.2. The lowest BCUT2D eigenvalue weighted by Crippen LogP contribution is -2.41. The molecule has 4 aromatic heterocycles. The Bertz CT molecular complexity index is 3320. The van der Waals surface area contributed by atoms with Crippen molar-refractivity contribution in [2.75, 3.05) is 13.2 Å². The summed E-state index contributed by atoms with van der Waals surface area (Å²) in [6, 6.07) is 48.6. The number of benzene rings is 4. The minimum Gasteiger partial charge on any atom is -0.465 e. The zero-order chi connectivity index (χ0) is 55.1. The molecule has 0 bridgehead atoms. The van der Waals surface area contributed by atoms with Crippen LogP contribution in [0.15, 0.2) is 168 Å². The number of aromatic nitrogens is 4. The summed E-state index contributed by atoms with van der Waals surface area (Å²) < 4.78 is 23.9. The van der Waals surface area contributed by atoms with Gasteiger partial charge in [-0.2, -0.15) is 0 Å². The fourth-order valence-electron chi connectivity index (χ4n) is 8.86. The molecule has 0 unspecified atom stereocenters. The number of thiazole rings is 2. The fraction of sp³-hybridized carbons (Fsp3) is 0.312. The minimum absolute atomic E-state index is 0. The average molecular weight is 1220 g/mol. The number of pyridine rings is 2. The van der Waals surface area contributed by atoms with Crippen LogP contribution in [0.4, 0.5) is 10.3 Å². The van der Waals surface area contributed by atoms with E-state index in [0.29, 0.717) is 18.3 Å². The van der Waals surface area contributed by atoms with E-state index in [-0.39, 0.29) is 38.0 Å². The van der Waals surface area contributed by atoms with Crippen LogP contribution < -0.4 is 5.46 Å². The summed E-state index contributed by atoms with van der Waals surface area (Å²) >= 11 is 5.47. The number of rotatable bonds is 14. The van der Waals surface area contributed by atoms with Gasteiger partial charge in [0.25, 0.3) is 0 Å². The van der Waals surface area contributed by atoms with Crippen molar-refractivity contribution in [1.82, 2.24) is 19.9 Å². The summed E-state index contributed by atoms with van der Waals surface area (Å²) in [5.74, 6) is -0.361. The lowest BCUT2D eigenvalue weighted by molar-refractivity contribution is -0.147. The first-order valence-corrected chi connectivity index (χ1v) is 28.9. The topological polar surface area (TPSA) is 147 Å². The van der Waals surface area contributed by atoms with E-state index in [1.54, 1.807) is 35.1 Å². The Balaban J connectivity index is 0.000000178. The SMILES string of the molecule is C.C.CCOC(=O)C1(c2cc(-c3sc(N=C(c4ccccc4)c4ccccc4)nc3C)ccn2)CC1.CCOC(=O)C1(c2cc(B3OC(C)(C)C(C)(C)O3)ccn2)CC1.Cc1nc(N=C(c2ccccc2)c2ccccc2)sc1I. The molecule has 1 saturated heterocycles. The van der Waals surface area contributed by atoms with Crippen molar-refractivity contribution < 1.29 is 28.4 Å². The van der Waals surface area contributed by atoms with Crippen molar-refractivity contribution in [2.45, 2.75) is 118 Å². The van der Waals surface area contributed by atoms with Gasteiger partial charge in [0.05, 0.1) is 66.4 Å². The Morgan fingerprint density at radius 2 is 0.963 bits per heavy atom. The van der Waals surface area contributed by atoms with Gasteiger partial charge in [-0.05, 0) is 139 Å². The van der Waals surface area contributed by atoms with Gasteiger partial charge in [-0.1, -0.05) is 159 Å². The third kappa shape index (κ3) is 13.8. The lowest BCUT2D eigenvalue weighted by atomic mass is 9.78. The molecule has 3 fully saturated rings. The van der Waals surface area contributed by atoms with Gasteiger partial charge in [0.15, 0.2) is 0 Å². The molecule has 11 rings (SSSR count). The molecule has 0 atom stereocenters. The highest BCUT2D eigenvalue weighted by Gasteiger charge is 2.56. The van der Waals surface area contributed by atoms with Gasteiger partial charge in [0, 0.05) is 34.6 Å². The molecule has 3 aliphatic rings. The summed E-state index contributed by atoms with van der Waals surface area (Å²) in [6.07, 6.45) is 6.60. The van der Waals surface area contributed by atoms with Gasteiger partial charge in [0.1, 0.15) is 10.8 Å². The van der Waals surface area contributed by atoms with Crippen molar-refractivity contribution in [1.29, 1.82) is 0 Å². The second kappa shape index (κ2) is 26.4. The van der Waals surface area contributed by atoms with E-state index in [2.05, 4.69) is 86.1 Å². The molecule has 16 heteroatoms. The number of aliphatic imine (C=N–C) groups is 2. The summed E-state index contributed by atoms with van der Waals surface area (Å²) in [6.45, 7) is 16.5. The number of ether oxygens (including phenoxy) is 2. The number of aryl methyl sites for hydroxylation is 2. The van der Waals surface area contributed by atoms with Crippen molar-refractivity contribution >= 4 is 91.5 Å². The second-order valence-electron chi connectivity index (χ2n) is 20.2. The molecule has 0 spiro atoms. The molecule has 0 amide bonds. The summed E-state index contributed by atoms with van der Waals surface area (Å²) in [7, 11) is -0.445. The average Bonchev–Trinajstić information content (AvgIpc) is 4.40. The Hall–Kier alpha value is -6.57. The van der Waals surface area contributed by atoms with E-state index in [1.807, 2.05) is 152 Å². The number of hydrogen-bond acceptors (Lipinski definition) is 14. The van der Waals surface area contributed by atoms with E-state index in [9.17, 15) is 9.59 Å². The van der Waals surface area contributed by atoms with Crippen molar-refractivity contribution in [3.8, 4) is 10.4 Å². The first-order chi connectivity index (χ1) is 37.6. The zero-order valence-corrected chi connectivity index (χ0v) is 48.9. The normalized spacial score (nSPS) is 15.4. The van der Waals surface area contributed by atoms with E-state index in [4.69, 9.17) is 33.8 Å². The molecule has 1 aliphatic heterocycles. The first kappa shape index (κ1) is 61.1. The van der Waals surface area contributed by atoms with E-state index in [1.165, 1.54) is 2.88 Å². The highest BCUT2D eigenvalue weighted by molar-refractivity contribution is 14.1. The Labute approximate surface area is 493 Å². The van der Waals surface area contributed by atoms with Crippen LogP contribution in [0.1, 0.15) is 127 Å². The largest absolute Gasteiger partial charge is 0.494 e. The molecule has 0 N–H and O–H groups in total. The van der Waals surface area contributed by atoms with Crippen LogP contribution in [0.3, 0.4) is 0 Å². The maximum Gasteiger partial charge on any atom is 0.494 e. The van der Waals surface area contributed by atoms with Crippen LogP contribution in [-0.2, 0) is 39.2 Å². The van der Waals surface area contributed by atoms with Gasteiger partial charge in [-0.25, -0.2) is 20.0 Å². The number of nitrogens with zero attached hydrogens (tertiary/aromatic N) is 6. The standard InChI is InChI=1S/C28H25N3O2S.C17H24BNO4.C17H13IN2S.2CH4/c1-3-33-26(32)28(15-16-28)23-18-22(14-17-29-23)25-19(2)30-27(34-25)31-24(20-10-6-4-7-11-20)21-12-8-5-9-13-21;1-6-21-14(20)17(8-9-17)13-11-12(7-10-19-13)18-22-15(2,3)16(4,5)23-18;1-12-16(18)21-17(19-12)20-15(13-8-4-2-5-9-13)14-10-6-3-7-11-14;;/h4-14,17-18H,3,15-16H2,1-2H3;7,10-11H,6,8-9H2,1-5H3;2-11H,1H3;2*1H4. The number of carbonyl (C=O) groups is 2. The van der Waals surface area contributed by atoms with Crippen molar-refractivity contribution in [3.05, 3.63) is 206 Å². The molecule has 414 valence electrons. The van der Waals surface area contributed by atoms with Gasteiger partial charge >= 0.3 is 19.1 Å². The van der Waals surface area contributed by atoms with Crippen molar-refractivity contribution in [3.63, 3.8) is 0 Å². The van der Waals surface area contributed by atoms with Gasteiger partial charge in [-0.15, -0.1) is 0 Å². The summed E-state index contributed by atoms with van der Waals surface area (Å²) in [4.78, 5) is 53.8. The molecule has 5 heterocycles. The van der Waals surface area contributed by atoms with Crippen LogP contribution in [0, 0.1) is 16.7 Å². The predicted molar refractivity (Wildman–Crippen MR) is 335 cm³/mol. The third-order valence-corrected chi connectivity index (χ3v) is 17.6. The minimum atomic E-state index is -0.598. The molecule has 2 aliphatic carbocycles. The van der Waals surface area contributed by atoms with Crippen LogP contribution in [0.25, 0.3) is 10.4 Å². The van der Waals surface area contributed by atoms with Crippen LogP contribution >= 0.6 is 45.3 Å². The number of esters is 2. The lowest BCUT2D eigenvalue weighted by Gasteiger charge is -2.32.